The molecule has 2 aromatic rings. The summed E-state index contributed by atoms with van der Waals surface area (Å²) in [6.07, 6.45) is 3.70. The van der Waals surface area contributed by atoms with Gasteiger partial charge < -0.3 is 120 Å². The maximum Gasteiger partial charge on any atom is 0.245 e. The van der Waals surface area contributed by atoms with Crippen molar-refractivity contribution in [3.8, 4) is 5.75 Å². The van der Waals surface area contributed by atoms with Crippen molar-refractivity contribution in [1.82, 2.24) is 68.7 Å². The summed E-state index contributed by atoms with van der Waals surface area (Å²) in [5, 5.41) is 41.9. The number of likely N-dealkylation sites (tertiary alicyclic amines) is 1. The predicted molar refractivity (Wildman–Crippen MR) is 434 cm³/mol. The van der Waals surface area contributed by atoms with Gasteiger partial charge in [0.1, 0.15) is 66.2 Å². The zero-order valence-electron chi connectivity index (χ0n) is 67.7. The molecule has 1 unspecified atom stereocenters. The summed E-state index contributed by atoms with van der Waals surface area (Å²) >= 11 is 0. The van der Waals surface area contributed by atoms with Crippen LogP contribution >= 0.6 is 0 Å². The third kappa shape index (κ3) is 38.8. The van der Waals surface area contributed by atoms with Gasteiger partial charge in [-0.2, -0.15) is 0 Å². The first kappa shape index (κ1) is 98.4. The number of carbonyl (C=O) groups is 14. The molecule has 14 amide bonds. The molecule has 1 aliphatic rings. The average Bonchev–Trinajstić information content (AvgIpc) is 1.49. The van der Waals surface area contributed by atoms with Crippen LogP contribution in [0.1, 0.15) is 175 Å². The topological polar surface area (TPSA) is 640 Å². The Morgan fingerprint density at radius 1 is 0.478 bits per heavy atom. The number of unbranched alkanes of at least 4 members (excludes halogenated alkanes) is 3. The number of benzene rings is 2. The molecule has 1 fully saturated rings. The zero-order chi connectivity index (χ0) is 85.7. The number of aromatic hydroxyl groups is 1. The van der Waals surface area contributed by atoms with Gasteiger partial charge in [-0.15, -0.1) is 0 Å². The molecule has 1 heterocycles. The van der Waals surface area contributed by atoms with E-state index in [0.717, 1.165) is 0 Å². The molecule has 0 spiro atoms. The number of phenols is 1. The third-order valence-corrected chi connectivity index (χ3v) is 19.1. The Kier molecular flexibility index (Phi) is 45.7. The molecule has 3 rings (SSSR count). The van der Waals surface area contributed by atoms with E-state index in [2.05, 4.69) is 73.8 Å². The zero-order valence-corrected chi connectivity index (χ0v) is 67.7. The number of rotatable bonds is 55. The first-order valence-corrected chi connectivity index (χ1v) is 39.8. The molecule has 38 nitrogen and oxygen atoms in total. The molecule has 1 aliphatic heterocycles. The molecule has 0 radical (unpaired) electrons. The van der Waals surface area contributed by atoms with Gasteiger partial charge in [-0.3, -0.25) is 77.1 Å². The molecule has 0 bridgehead atoms. The molecule has 115 heavy (non-hydrogen) atoms. The number of primary amides is 1. The number of nitrogens with zero attached hydrogens (tertiary/aromatic N) is 3. The first-order valence-electron chi connectivity index (χ1n) is 39.8. The smallest absolute Gasteiger partial charge is 0.245 e. The highest BCUT2D eigenvalue weighted by Crippen LogP contribution is 2.23. The highest BCUT2D eigenvalue weighted by molar-refractivity contribution is 6.00. The normalized spacial score (nSPS) is 15.3. The van der Waals surface area contributed by atoms with Gasteiger partial charge in [0.15, 0.2) is 11.9 Å². The fraction of sp³-hybridized carbons (Fsp3) is 0.636. The van der Waals surface area contributed by atoms with Crippen LogP contribution in [0.4, 0.5) is 0 Å². The lowest BCUT2D eigenvalue weighted by Crippen LogP contribution is -2.61. The van der Waals surface area contributed by atoms with Crippen LogP contribution in [0.3, 0.4) is 0 Å². The average molecular weight is 1620 g/mol. The standard InChI is InChI=1S/C77H129N23O15/c1-8-47(6)64(74(114)96-57(25-14-17-35-86-48(7)101)75(115)100-38-20-28-61(100)73(113)95-54(24-13-16-34-79)68(108)97-58(39-45(2)3)70(110)92-53(65(81)105)23-12-15-33-78)99-69(109)56(27-19-37-88-77(84)85)93-67(107)55(26-18-36-87-76(82)83)94-71(111)59(40-46(4)5)98-72(112)60(42-49-21-10-9-11-22-49)91-63(104)44-89-62(103)43-90-66(106)52(80)41-50-29-31-51(102)32-30-50/h9-11,21-22,29-32,45-47,52-61,64,102H,8,12-20,23-28,33-44,78-80H2,1-7H3,(H2,81,105)(H,86,101)(H,89,103)(H,90,106)(H,91,104)(H,92,110)(H,93,107)(H,94,111)(H,95,113)(H,96,114)(H,97,108)(H,98,112)(H,99,109)(H4,82,83,87)(H4,84,85,88)/t47?,52-,53-,54-,55-,56-,57-,58-,59-,60-,61-,64-/m0/s1. The van der Waals surface area contributed by atoms with E-state index < -0.39 is 162 Å². The first-order chi connectivity index (χ1) is 54.6. The van der Waals surface area contributed by atoms with Crippen molar-refractivity contribution in [2.75, 3.05) is 52.4 Å². The van der Waals surface area contributed by atoms with E-state index in [0.29, 0.717) is 56.2 Å². The Hall–Kier alpha value is -10.8. The molecule has 12 atom stereocenters. The van der Waals surface area contributed by atoms with E-state index in [4.69, 9.17) is 45.9 Å². The molecule has 0 aromatic heterocycles. The minimum absolute atomic E-state index is 0.00144. The highest BCUT2D eigenvalue weighted by atomic mass is 16.3. The van der Waals surface area contributed by atoms with Gasteiger partial charge in [0.25, 0.3) is 0 Å². The Bertz CT molecular complexity index is 3530. The summed E-state index contributed by atoms with van der Waals surface area (Å²) in [5.41, 5.74) is 47.1. The summed E-state index contributed by atoms with van der Waals surface area (Å²) in [7, 11) is 0. The van der Waals surface area contributed by atoms with Crippen LogP contribution < -0.4 is 110 Å². The number of guanidine groups is 2. The number of amides is 14. The van der Waals surface area contributed by atoms with Gasteiger partial charge in [0, 0.05) is 39.5 Å². The number of carbonyl (C=O) groups excluding carboxylic acids is 14. The van der Waals surface area contributed by atoms with Gasteiger partial charge >= 0.3 is 0 Å². The van der Waals surface area contributed by atoms with Gasteiger partial charge in [0.05, 0.1) is 19.1 Å². The fourth-order valence-corrected chi connectivity index (χ4v) is 12.7. The molecule has 0 saturated carbocycles. The van der Waals surface area contributed by atoms with Gasteiger partial charge in [-0.1, -0.05) is 90.4 Å². The van der Waals surface area contributed by atoms with Crippen molar-refractivity contribution in [2.45, 2.75) is 243 Å². The molecule has 642 valence electrons. The van der Waals surface area contributed by atoms with Crippen molar-refractivity contribution in [1.29, 1.82) is 0 Å². The predicted octanol–water partition coefficient (Wildman–Crippen LogP) is -3.61. The maximum atomic E-state index is 15.1. The van der Waals surface area contributed by atoms with E-state index in [1.165, 1.54) is 24.0 Å². The fourth-order valence-electron chi connectivity index (χ4n) is 12.7. The minimum atomic E-state index is -1.48. The quantitative estimate of drug-likeness (QED) is 0.0173. The number of aliphatic imine (C=N–C) groups is 2. The van der Waals surface area contributed by atoms with E-state index in [1.807, 2.05) is 13.8 Å². The van der Waals surface area contributed by atoms with E-state index >= 15 is 9.59 Å². The Morgan fingerprint density at radius 2 is 0.930 bits per heavy atom. The SMILES string of the molecule is CCC(C)[C@H](NC(=O)[C@H](CCCN=C(N)N)NC(=O)[C@H](CCCN=C(N)N)NC(=O)[C@H](CC(C)C)NC(=O)[C@H](Cc1ccccc1)NC(=O)CNC(=O)CNC(=O)[C@@H](N)Cc1ccc(O)cc1)C(=O)N[C@@H](CCCCNC(C)=O)C(=O)N1CCC[C@H]1C(=O)N[C@@H](CCCCN)C(=O)N[C@@H](CC(C)C)C(=O)N[C@@H](CCCCN)C(N)=O. The van der Waals surface area contributed by atoms with E-state index in [9.17, 15) is 62.6 Å². The van der Waals surface area contributed by atoms with Crippen molar-refractivity contribution in [3.63, 3.8) is 0 Å². The van der Waals surface area contributed by atoms with Crippen LogP contribution in [0.25, 0.3) is 0 Å². The summed E-state index contributed by atoms with van der Waals surface area (Å²) in [6, 6.07) is 0.683. The van der Waals surface area contributed by atoms with Crippen molar-refractivity contribution in [2.24, 2.45) is 73.6 Å². The molecule has 29 N–H and O–H groups in total. The van der Waals surface area contributed by atoms with E-state index in [-0.39, 0.29) is 158 Å². The Morgan fingerprint density at radius 3 is 1.44 bits per heavy atom. The molecule has 38 heteroatoms. The van der Waals surface area contributed by atoms with Gasteiger partial charge in [-0.05, 0) is 170 Å². The molecule has 0 aliphatic carbocycles. The van der Waals surface area contributed by atoms with Crippen LogP contribution in [0.2, 0.25) is 0 Å². The van der Waals surface area contributed by atoms with Crippen LogP contribution in [-0.2, 0) is 80.0 Å². The van der Waals surface area contributed by atoms with Gasteiger partial charge in [-0.25, -0.2) is 0 Å². The molecular formula is C77H129N23O15. The second kappa shape index (κ2) is 53.3. The van der Waals surface area contributed by atoms with E-state index in [1.54, 1.807) is 70.2 Å². The van der Waals surface area contributed by atoms with Crippen molar-refractivity contribution in [3.05, 3.63) is 65.7 Å². The van der Waals surface area contributed by atoms with Crippen LogP contribution in [-0.4, -0.2) is 223 Å². The Balaban J connectivity index is 1.98. The van der Waals surface area contributed by atoms with Gasteiger partial charge in [0.2, 0.25) is 82.7 Å². The lowest BCUT2D eigenvalue weighted by atomic mass is 9.96. The number of hydrogen-bond donors (Lipinski definition) is 21. The lowest BCUT2D eigenvalue weighted by molar-refractivity contribution is -0.143. The summed E-state index contributed by atoms with van der Waals surface area (Å²) < 4.78 is 0. The summed E-state index contributed by atoms with van der Waals surface area (Å²) in [5.74, 6) is -11.8. The minimum Gasteiger partial charge on any atom is -0.508 e. The molecule has 2 aromatic carbocycles. The van der Waals surface area contributed by atoms with Crippen LogP contribution in [0.15, 0.2) is 64.6 Å². The maximum absolute atomic E-state index is 15.1. The number of nitrogens with two attached hydrogens (primary N) is 8. The number of nitrogens with one attached hydrogen (secondary N) is 12. The van der Waals surface area contributed by atoms with Crippen LogP contribution in [0.5, 0.6) is 5.75 Å². The second-order valence-electron chi connectivity index (χ2n) is 29.9. The summed E-state index contributed by atoms with van der Waals surface area (Å²) in [4.78, 5) is 205. The monoisotopic (exact) mass is 1620 g/mol. The number of phenolic OH excluding ortho intramolecular Hbond substituents is 1. The van der Waals surface area contributed by atoms with Crippen molar-refractivity contribution >= 4 is 94.6 Å². The highest BCUT2D eigenvalue weighted by Gasteiger charge is 2.42. The molecule has 1 saturated heterocycles. The second-order valence-corrected chi connectivity index (χ2v) is 29.9. The third-order valence-electron chi connectivity index (χ3n) is 19.1. The largest absolute Gasteiger partial charge is 0.508 e. The lowest BCUT2D eigenvalue weighted by Gasteiger charge is -2.32. The summed E-state index contributed by atoms with van der Waals surface area (Å²) in [6.45, 7) is 11.7. The number of hydrogen-bond acceptors (Lipinski definition) is 20. The van der Waals surface area contributed by atoms with Crippen molar-refractivity contribution < 1.29 is 72.2 Å². The van der Waals surface area contributed by atoms with Crippen LogP contribution in [0, 0.1) is 17.8 Å². The Labute approximate surface area is 673 Å². The molecular weight excluding hydrogens is 1490 g/mol.